The average Bonchev–Trinajstić information content (AvgIpc) is 2.42. The summed E-state index contributed by atoms with van der Waals surface area (Å²) in [6.07, 6.45) is 0. The molecule has 2 atom stereocenters. The van der Waals surface area contributed by atoms with Crippen molar-refractivity contribution in [3.05, 3.63) is 28.2 Å². The maximum absolute atomic E-state index is 11.8. The fourth-order valence-corrected chi connectivity index (χ4v) is 3.19. The number of nitrogens with zero attached hydrogens (tertiary/aromatic N) is 1. The molecule has 5 heteroatoms. The second-order valence-corrected chi connectivity index (χ2v) is 6.00. The normalized spacial score (nSPS) is 20.7. The Kier molecular flexibility index (Phi) is 5.05. The van der Waals surface area contributed by atoms with E-state index in [9.17, 15) is 4.79 Å². The van der Waals surface area contributed by atoms with E-state index in [1.807, 2.05) is 6.92 Å². The predicted molar refractivity (Wildman–Crippen MR) is 86.1 cm³/mol. The summed E-state index contributed by atoms with van der Waals surface area (Å²) < 4.78 is 1.04. The zero-order valence-corrected chi connectivity index (χ0v) is 13.8. The van der Waals surface area contributed by atoms with Gasteiger partial charge in [-0.3, -0.25) is 4.79 Å². The monoisotopic (exact) mass is 339 g/mol. The number of anilines is 1. The first-order chi connectivity index (χ1) is 9.54. The summed E-state index contributed by atoms with van der Waals surface area (Å²) in [6.45, 7) is 8.69. The topological polar surface area (TPSA) is 44.4 Å². The van der Waals surface area contributed by atoms with Crippen LogP contribution in [0.2, 0.25) is 0 Å². The largest absolute Gasteiger partial charge is 0.357 e. The number of carbonyl (C=O) groups is 1. The number of hydrogen-bond donors (Lipinski definition) is 2. The first kappa shape index (κ1) is 15.3. The minimum Gasteiger partial charge on any atom is -0.357 e. The Labute approximate surface area is 129 Å². The number of benzene rings is 1. The van der Waals surface area contributed by atoms with Crippen LogP contribution in [0.5, 0.6) is 0 Å². The maximum atomic E-state index is 11.8. The number of amides is 1. The second kappa shape index (κ2) is 6.59. The van der Waals surface area contributed by atoms with Gasteiger partial charge in [-0.2, -0.15) is 0 Å². The molecule has 2 N–H and O–H groups in total. The number of piperazine rings is 1. The summed E-state index contributed by atoms with van der Waals surface area (Å²) in [5.74, 6) is 0.0910. The third-order valence-corrected chi connectivity index (χ3v) is 4.43. The van der Waals surface area contributed by atoms with Gasteiger partial charge < -0.3 is 15.5 Å². The lowest BCUT2D eigenvalue weighted by Crippen LogP contribution is -2.54. The van der Waals surface area contributed by atoms with Crippen molar-refractivity contribution in [1.29, 1.82) is 0 Å². The molecule has 1 aliphatic heterocycles. The van der Waals surface area contributed by atoms with Crippen LogP contribution in [0.4, 0.5) is 5.69 Å². The minimum atomic E-state index is -0.128. The highest BCUT2D eigenvalue weighted by Crippen LogP contribution is 2.31. The molecule has 2 rings (SSSR count). The third kappa shape index (κ3) is 3.15. The lowest BCUT2D eigenvalue weighted by Gasteiger charge is -2.35. The lowest BCUT2D eigenvalue weighted by atomic mass is 10.1. The van der Waals surface area contributed by atoms with Crippen LogP contribution in [0.1, 0.15) is 32.4 Å². The predicted octanol–water partition coefficient (Wildman–Crippen LogP) is 2.44. The molecule has 0 aromatic heterocycles. The molecule has 0 bridgehead atoms. The summed E-state index contributed by atoms with van der Waals surface area (Å²) in [6, 6.07) is 6.57. The highest BCUT2D eigenvalue weighted by atomic mass is 79.9. The molecule has 1 heterocycles. The minimum absolute atomic E-state index is 0.0910. The van der Waals surface area contributed by atoms with Gasteiger partial charge in [0.25, 0.3) is 0 Å². The van der Waals surface area contributed by atoms with Crippen LogP contribution in [0.3, 0.4) is 0 Å². The van der Waals surface area contributed by atoms with Crippen molar-refractivity contribution < 1.29 is 4.79 Å². The zero-order chi connectivity index (χ0) is 14.7. The standard InChI is InChI=1S/C15H22BrN3O/c1-4-17-10(2)12-5-6-14(13(16)9-12)19-8-7-18-15(20)11(19)3/h5-6,9-11,17H,4,7-8H2,1-3H3,(H,18,20). The molecule has 1 amide bonds. The van der Waals surface area contributed by atoms with Crippen LogP contribution in [-0.2, 0) is 4.79 Å². The molecule has 1 aromatic rings. The van der Waals surface area contributed by atoms with Crippen LogP contribution in [0.25, 0.3) is 0 Å². The molecule has 1 saturated heterocycles. The molecule has 4 nitrogen and oxygen atoms in total. The Morgan fingerprint density at radius 3 is 2.95 bits per heavy atom. The zero-order valence-electron chi connectivity index (χ0n) is 12.2. The molecular weight excluding hydrogens is 318 g/mol. The van der Waals surface area contributed by atoms with Crippen molar-refractivity contribution in [2.45, 2.75) is 32.9 Å². The van der Waals surface area contributed by atoms with Crippen molar-refractivity contribution in [3.8, 4) is 0 Å². The quantitative estimate of drug-likeness (QED) is 0.885. The molecule has 1 aromatic carbocycles. The van der Waals surface area contributed by atoms with Crippen LogP contribution < -0.4 is 15.5 Å². The van der Waals surface area contributed by atoms with Crippen molar-refractivity contribution in [3.63, 3.8) is 0 Å². The third-order valence-electron chi connectivity index (χ3n) is 3.79. The maximum Gasteiger partial charge on any atom is 0.242 e. The molecule has 1 aliphatic rings. The van der Waals surface area contributed by atoms with Gasteiger partial charge in [0, 0.05) is 23.6 Å². The smallest absolute Gasteiger partial charge is 0.242 e. The van der Waals surface area contributed by atoms with E-state index in [0.29, 0.717) is 12.6 Å². The molecule has 110 valence electrons. The van der Waals surface area contributed by atoms with E-state index in [-0.39, 0.29) is 11.9 Å². The molecule has 0 saturated carbocycles. The fourth-order valence-electron chi connectivity index (χ4n) is 2.56. The van der Waals surface area contributed by atoms with Crippen LogP contribution in [0.15, 0.2) is 22.7 Å². The van der Waals surface area contributed by atoms with E-state index in [0.717, 1.165) is 23.2 Å². The Hall–Kier alpha value is -1.07. The molecule has 0 spiro atoms. The van der Waals surface area contributed by atoms with Gasteiger partial charge in [-0.05, 0) is 54.0 Å². The number of nitrogens with one attached hydrogen (secondary N) is 2. The molecule has 1 fully saturated rings. The highest BCUT2D eigenvalue weighted by Gasteiger charge is 2.26. The Morgan fingerprint density at radius 2 is 2.30 bits per heavy atom. The highest BCUT2D eigenvalue weighted by molar-refractivity contribution is 9.10. The SMILES string of the molecule is CCNC(C)c1ccc(N2CCNC(=O)C2C)c(Br)c1. The number of halogens is 1. The van der Waals surface area contributed by atoms with E-state index in [1.165, 1.54) is 5.56 Å². The van der Waals surface area contributed by atoms with Crippen LogP contribution in [0, 0.1) is 0 Å². The van der Waals surface area contributed by atoms with Crippen LogP contribution in [-0.4, -0.2) is 31.6 Å². The summed E-state index contributed by atoms with van der Waals surface area (Å²) >= 11 is 3.65. The lowest BCUT2D eigenvalue weighted by molar-refractivity contribution is -0.122. The number of carbonyl (C=O) groups excluding carboxylic acids is 1. The van der Waals surface area contributed by atoms with Gasteiger partial charge in [0.1, 0.15) is 6.04 Å². The molecule has 0 radical (unpaired) electrons. The summed E-state index contributed by atoms with van der Waals surface area (Å²) in [7, 11) is 0. The summed E-state index contributed by atoms with van der Waals surface area (Å²) in [4.78, 5) is 13.9. The number of rotatable bonds is 4. The van der Waals surface area contributed by atoms with Gasteiger partial charge in [-0.15, -0.1) is 0 Å². The number of hydrogen-bond acceptors (Lipinski definition) is 3. The Morgan fingerprint density at radius 1 is 1.55 bits per heavy atom. The van der Waals surface area contributed by atoms with Crippen molar-refractivity contribution in [2.24, 2.45) is 0 Å². The molecule has 0 aliphatic carbocycles. The molecular formula is C15H22BrN3O. The van der Waals surface area contributed by atoms with E-state index in [1.54, 1.807) is 0 Å². The first-order valence-corrected chi connectivity index (χ1v) is 7.91. The second-order valence-electron chi connectivity index (χ2n) is 5.15. The van der Waals surface area contributed by atoms with E-state index < -0.39 is 0 Å². The van der Waals surface area contributed by atoms with Crippen molar-refractivity contribution in [1.82, 2.24) is 10.6 Å². The Bertz CT molecular complexity index is 492. The van der Waals surface area contributed by atoms with Gasteiger partial charge in [0.05, 0.1) is 5.69 Å². The van der Waals surface area contributed by atoms with Gasteiger partial charge in [-0.25, -0.2) is 0 Å². The molecule has 2 unspecified atom stereocenters. The van der Waals surface area contributed by atoms with Gasteiger partial charge in [0.2, 0.25) is 5.91 Å². The van der Waals surface area contributed by atoms with E-state index in [4.69, 9.17) is 0 Å². The van der Waals surface area contributed by atoms with E-state index in [2.05, 4.69) is 63.5 Å². The van der Waals surface area contributed by atoms with Crippen molar-refractivity contribution in [2.75, 3.05) is 24.5 Å². The average molecular weight is 340 g/mol. The first-order valence-electron chi connectivity index (χ1n) is 7.11. The molecule has 20 heavy (non-hydrogen) atoms. The van der Waals surface area contributed by atoms with Gasteiger partial charge >= 0.3 is 0 Å². The van der Waals surface area contributed by atoms with Crippen LogP contribution >= 0.6 is 15.9 Å². The van der Waals surface area contributed by atoms with Gasteiger partial charge in [0.15, 0.2) is 0 Å². The summed E-state index contributed by atoms with van der Waals surface area (Å²) in [5, 5.41) is 6.30. The van der Waals surface area contributed by atoms with Gasteiger partial charge in [-0.1, -0.05) is 13.0 Å². The summed E-state index contributed by atoms with van der Waals surface area (Å²) in [5.41, 5.74) is 2.33. The van der Waals surface area contributed by atoms with Crippen molar-refractivity contribution >= 4 is 27.5 Å². The Balaban J connectivity index is 2.23. The fraction of sp³-hybridized carbons (Fsp3) is 0.533. The van der Waals surface area contributed by atoms with E-state index >= 15 is 0 Å².